The van der Waals surface area contributed by atoms with Crippen molar-refractivity contribution in [1.29, 1.82) is 0 Å². The Morgan fingerprint density at radius 3 is 2.21 bits per heavy atom. The molecule has 1 aromatic rings. The predicted octanol–water partition coefficient (Wildman–Crippen LogP) is 2.60. The summed E-state index contributed by atoms with van der Waals surface area (Å²) in [5.41, 5.74) is 1.20. The minimum Gasteiger partial charge on any atom is -0.253 e. The second kappa shape index (κ2) is 3.93. The van der Waals surface area contributed by atoms with Crippen molar-refractivity contribution in [3.05, 3.63) is 54.1 Å². The molecule has 0 N–H and O–H groups in total. The van der Waals surface area contributed by atoms with Crippen LogP contribution in [-0.2, 0) is 10.8 Å². The van der Waals surface area contributed by atoms with Crippen molar-refractivity contribution in [1.82, 2.24) is 0 Å². The SMILES string of the molecule is Cc1ccc([S@@](=O)C2C=CC=C2)cc1. The molecule has 0 unspecified atom stereocenters. The van der Waals surface area contributed by atoms with Crippen LogP contribution < -0.4 is 0 Å². The first-order valence-corrected chi connectivity index (χ1v) is 5.81. The molecule has 0 amide bonds. The van der Waals surface area contributed by atoms with E-state index >= 15 is 0 Å². The lowest BCUT2D eigenvalue weighted by Crippen LogP contribution is -2.07. The van der Waals surface area contributed by atoms with Crippen LogP contribution in [-0.4, -0.2) is 9.46 Å². The molecular formula is C12H12OS. The van der Waals surface area contributed by atoms with Crippen LogP contribution in [0, 0.1) is 6.92 Å². The first kappa shape index (κ1) is 9.41. The van der Waals surface area contributed by atoms with Crippen molar-refractivity contribution in [2.45, 2.75) is 17.1 Å². The highest BCUT2D eigenvalue weighted by Crippen LogP contribution is 2.16. The van der Waals surface area contributed by atoms with Crippen LogP contribution in [0.1, 0.15) is 5.56 Å². The molecule has 1 aromatic carbocycles. The summed E-state index contributed by atoms with van der Waals surface area (Å²) in [6, 6.07) is 7.86. The zero-order valence-corrected chi connectivity index (χ0v) is 8.83. The molecule has 0 heterocycles. The van der Waals surface area contributed by atoms with Crippen molar-refractivity contribution in [3.8, 4) is 0 Å². The highest BCUT2D eigenvalue weighted by molar-refractivity contribution is 7.86. The van der Waals surface area contributed by atoms with E-state index in [1.807, 2.05) is 55.5 Å². The molecule has 0 radical (unpaired) electrons. The molecule has 0 bridgehead atoms. The highest BCUT2D eigenvalue weighted by Gasteiger charge is 2.13. The fourth-order valence-corrected chi connectivity index (χ4v) is 2.57. The van der Waals surface area contributed by atoms with E-state index in [0.29, 0.717) is 0 Å². The van der Waals surface area contributed by atoms with Crippen LogP contribution in [0.5, 0.6) is 0 Å². The molecule has 0 saturated heterocycles. The zero-order chi connectivity index (χ0) is 9.97. The van der Waals surface area contributed by atoms with Crippen LogP contribution in [0.4, 0.5) is 0 Å². The van der Waals surface area contributed by atoms with Gasteiger partial charge in [-0.05, 0) is 19.1 Å². The van der Waals surface area contributed by atoms with E-state index in [-0.39, 0.29) is 5.25 Å². The predicted molar refractivity (Wildman–Crippen MR) is 59.7 cm³/mol. The zero-order valence-electron chi connectivity index (χ0n) is 8.01. The molecule has 1 aliphatic rings. The van der Waals surface area contributed by atoms with Crippen LogP contribution in [0.2, 0.25) is 0 Å². The third-order valence-corrected chi connectivity index (χ3v) is 3.76. The van der Waals surface area contributed by atoms with Crippen molar-refractivity contribution >= 4 is 10.8 Å². The van der Waals surface area contributed by atoms with Gasteiger partial charge in [-0.15, -0.1) is 0 Å². The van der Waals surface area contributed by atoms with Crippen molar-refractivity contribution < 1.29 is 4.21 Å². The number of hydrogen-bond acceptors (Lipinski definition) is 1. The van der Waals surface area contributed by atoms with Crippen molar-refractivity contribution in [2.75, 3.05) is 0 Å². The van der Waals surface area contributed by atoms with E-state index in [4.69, 9.17) is 0 Å². The Morgan fingerprint density at radius 2 is 1.64 bits per heavy atom. The summed E-state index contributed by atoms with van der Waals surface area (Å²) < 4.78 is 12.0. The second-order valence-corrected chi connectivity index (χ2v) is 4.96. The molecule has 0 aliphatic heterocycles. The molecule has 1 atom stereocenters. The Labute approximate surface area is 86.6 Å². The van der Waals surface area contributed by atoms with Crippen LogP contribution in [0.3, 0.4) is 0 Å². The van der Waals surface area contributed by atoms with E-state index in [2.05, 4.69) is 0 Å². The number of hydrogen-bond donors (Lipinski definition) is 0. The molecule has 1 nitrogen and oxygen atoms in total. The normalized spacial score (nSPS) is 17.5. The van der Waals surface area contributed by atoms with Gasteiger partial charge in [-0.25, -0.2) is 0 Å². The molecule has 0 spiro atoms. The third-order valence-electron chi connectivity index (χ3n) is 2.21. The van der Waals surface area contributed by atoms with Crippen molar-refractivity contribution in [3.63, 3.8) is 0 Å². The van der Waals surface area contributed by atoms with E-state index in [9.17, 15) is 4.21 Å². The van der Waals surface area contributed by atoms with Crippen LogP contribution in [0.15, 0.2) is 53.5 Å². The summed E-state index contributed by atoms with van der Waals surface area (Å²) in [6.45, 7) is 2.03. The fourth-order valence-electron chi connectivity index (χ4n) is 1.38. The van der Waals surface area contributed by atoms with Crippen LogP contribution in [0.25, 0.3) is 0 Å². The Hall–Kier alpha value is -1.15. The van der Waals surface area contributed by atoms with Gasteiger partial charge in [0.25, 0.3) is 0 Å². The molecule has 1 aliphatic carbocycles. The van der Waals surface area contributed by atoms with Gasteiger partial charge in [0, 0.05) is 4.90 Å². The largest absolute Gasteiger partial charge is 0.253 e. The minimum atomic E-state index is -0.941. The lowest BCUT2D eigenvalue weighted by atomic mass is 10.2. The molecule has 0 fully saturated rings. The van der Waals surface area contributed by atoms with E-state index < -0.39 is 10.8 Å². The van der Waals surface area contributed by atoms with E-state index in [0.717, 1.165) is 4.90 Å². The Kier molecular flexibility index (Phi) is 2.64. The summed E-state index contributed by atoms with van der Waals surface area (Å²) in [4.78, 5) is 0.900. The van der Waals surface area contributed by atoms with Gasteiger partial charge in [0.2, 0.25) is 0 Å². The van der Waals surface area contributed by atoms with Crippen LogP contribution >= 0.6 is 0 Å². The molecule has 72 valence electrons. The first-order valence-electron chi connectivity index (χ1n) is 4.59. The number of benzene rings is 1. The Bertz CT molecular complexity index is 389. The Morgan fingerprint density at radius 1 is 1.07 bits per heavy atom. The topological polar surface area (TPSA) is 17.1 Å². The summed E-state index contributed by atoms with van der Waals surface area (Å²) in [5.74, 6) is 0. The average Bonchev–Trinajstić information content (AvgIpc) is 2.71. The lowest BCUT2D eigenvalue weighted by molar-refractivity contribution is 0.682. The van der Waals surface area contributed by atoms with Gasteiger partial charge >= 0.3 is 0 Å². The van der Waals surface area contributed by atoms with E-state index in [1.54, 1.807) is 0 Å². The monoisotopic (exact) mass is 204 g/mol. The summed E-state index contributed by atoms with van der Waals surface area (Å²) in [6.07, 6.45) is 7.82. The summed E-state index contributed by atoms with van der Waals surface area (Å²) in [5, 5.41) is 0.0534. The van der Waals surface area contributed by atoms with Gasteiger partial charge in [0.1, 0.15) is 0 Å². The van der Waals surface area contributed by atoms with Gasteiger partial charge in [0.15, 0.2) is 0 Å². The molecule has 0 saturated carbocycles. The number of allylic oxidation sites excluding steroid dienone is 2. The standard InChI is InChI=1S/C12H12OS/c1-10-6-8-12(9-7-10)14(13)11-4-2-3-5-11/h2-9,11H,1H3/t14-/m0/s1. The third kappa shape index (κ3) is 1.85. The molecule has 2 heteroatoms. The highest BCUT2D eigenvalue weighted by atomic mass is 32.2. The lowest BCUT2D eigenvalue weighted by Gasteiger charge is -2.05. The maximum absolute atomic E-state index is 12.0. The first-order chi connectivity index (χ1) is 6.77. The molecule has 0 aromatic heterocycles. The number of aryl methyl sites for hydroxylation is 1. The smallest absolute Gasteiger partial charge is 0.0761 e. The molecular weight excluding hydrogens is 192 g/mol. The fraction of sp³-hybridized carbons (Fsp3) is 0.167. The maximum Gasteiger partial charge on any atom is 0.0761 e. The summed E-state index contributed by atoms with van der Waals surface area (Å²) >= 11 is 0. The molecule has 2 rings (SSSR count). The van der Waals surface area contributed by atoms with Gasteiger partial charge in [-0.2, -0.15) is 0 Å². The van der Waals surface area contributed by atoms with Gasteiger partial charge in [-0.3, -0.25) is 4.21 Å². The molecule has 14 heavy (non-hydrogen) atoms. The average molecular weight is 204 g/mol. The minimum absolute atomic E-state index is 0.0534. The van der Waals surface area contributed by atoms with E-state index in [1.165, 1.54) is 5.56 Å². The van der Waals surface area contributed by atoms with Gasteiger partial charge < -0.3 is 0 Å². The van der Waals surface area contributed by atoms with Gasteiger partial charge in [-0.1, -0.05) is 42.0 Å². The Balaban J connectivity index is 2.23. The number of rotatable bonds is 2. The maximum atomic E-state index is 12.0. The van der Waals surface area contributed by atoms with Crippen molar-refractivity contribution in [2.24, 2.45) is 0 Å². The quantitative estimate of drug-likeness (QED) is 0.723. The van der Waals surface area contributed by atoms with Gasteiger partial charge in [0.05, 0.1) is 16.0 Å². The second-order valence-electron chi connectivity index (χ2n) is 3.34. The summed E-state index contributed by atoms with van der Waals surface area (Å²) in [7, 11) is -0.941.